The van der Waals surface area contributed by atoms with E-state index in [4.69, 9.17) is 26.2 Å². The van der Waals surface area contributed by atoms with Gasteiger partial charge in [0.15, 0.2) is 11.5 Å². The van der Waals surface area contributed by atoms with Crippen LogP contribution in [0.1, 0.15) is 5.56 Å². The summed E-state index contributed by atoms with van der Waals surface area (Å²) in [5.41, 5.74) is 0.0712. The van der Waals surface area contributed by atoms with Gasteiger partial charge in [-0.25, -0.2) is 4.98 Å². The second-order valence-electron chi connectivity index (χ2n) is 3.82. The lowest BCUT2D eigenvalue weighted by Gasteiger charge is -2.10. The Balaban J connectivity index is 2.43. The van der Waals surface area contributed by atoms with Gasteiger partial charge in [0.1, 0.15) is 6.33 Å². The van der Waals surface area contributed by atoms with Crippen molar-refractivity contribution >= 4 is 17.3 Å². The molecule has 0 fully saturated rings. The number of benzene rings is 1. The Morgan fingerprint density at radius 3 is 2.76 bits per heavy atom. The number of rotatable bonds is 5. The summed E-state index contributed by atoms with van der Waals surface area (Å²) in [7, 11) is 1.41. The summed E-state index contributed by atoms with van der Waals surface area (Å²) < 4.78 is 10.5. The van der Waals surface area contributed by atoms with E-state index in [-0.39, 0.29) is 23.4 Å². The molecule has 0 saturated carbocycles. The number of aliphatic hydroxyl groups excluding tert-OH is 1. The third-order valence-corrected chi connectivity index (χ3v) is 2.82. The van der Waals surface area contributed by atoms with Crippen LogP contribution in [-0.2, 0) is 6.61 Å². The second kappa shape index (κ2) is 6.33. The molecule has 2 aromatic rings. The number of hydrogen-bond donors (Lipinski definition) is 1. The molecule has 8 nitrogen and oxygen atoms in total. The van der Waals surface area contributed by atoms with Gasteiger partial charge in [0.25, 0.3) is 0 Å². The summed E-state index contributed by atoms with van der Waals surface area (Å²) in [6, 6.07) is 4.64. The Morgan fingerprint density at radius 2 is 2.14 bits per heavy atom. The van der Waals surface area contributed by atoms with Crippen LogP contribution in [0.15, 0.2) is 24.5 Å². The van der Waals surface area contributed by atoms with Crippen LogP contribution in [0.2, 0.25) is 5.15 Å². The molecule has 1 aromatic carbocycles. The monoisotopic (exact) mass is 311 g/mol. The zero-order valence-corrected chi connectivity index (χ0v) is 11.6. The molecule has 0 unspecified atom stereocenters. The average Bonchev–Trinajstić information content (AvgIpc) is 2.47. The minimum absolute atomic E-state index is 0.171. The minimum atomic E-state index is -0.730. The van der Waals surface area contributed by atoms with Crippen LogP contribution >= 0.6 is 11.6 Å². The maximum absolute atomic E-state index is 11.0. The van der Waals surface area contributed by atoms with Gasteiger partial charge in [0.2, 0.25) is 5.15 Å². The first-order chi connectivity index (χ1) is 10.1. The molecule has 9 heteroatoms. The Hall–Kier alpha value is -2.45. The van der Waals surface area contributed by atoms with E-state index in [0.29, 0.717) is 11.3 Å². The molecule has 1 N–H and O–H groups in total. The highest BCUT2D eigenvalue weighted by atomic mass is 35.5. The summed E-state index contributed by atoms with van der Waals surface area (Å²) in [6.45, 7) is -0.171. The van der Waals surface area contributed by atoms with E-state index < -0.39 is 10.6 Å². The number of aliphatic hydroxyl groups is 1. The lowest BCUT2D eigenvalue weighted by molar-refractivity contribution is -0.386. The molecule has 0 saturated heterocycles. The van der Waals surface area contributed by atoms with E-state index in [2.05, 4.69) is 9.97 Å². The smallest absolute Gasteiger partial charge is 0.368 e. The number of nitrogens with zero attached hydrogens (tertiary/aromatic N) is 3. The first-order valence-electron chi connectivity index (χ1n) is 5.67. The predicted octanol–water partition coefficient (Wildman–Crippen LogP) is 2.33. The zero-order chi connectivity index (χ0) is 15.4. The van der Waals surface area contributed by atoms with Gasteiger partial charge < -0.3 is 14.6 Å². The fraction of sp³-hybridized carbons (Fsp3) is 0.167. The van der Waals surface area contributed by atoms with Crippen LogP contribution in [-0.4, -0.2) is 27.1 Å². The van der Waals surface area contributed by atoms with Crippen molar-refractivity contribution in [3.8, 4) is 17.4 Å². The van der Waals surface area contributed by atoms with E-state index in [0.717, 1.165) is 6.33 Å². The number of aromatic nitrogens is 2. The highest BCUT2D eigenvalue weighted by molar-refractivity contribution is 6.31. The maximum atomic E-state index is 11.0. The van der Waals surface area contributed by atoms with Gasteiger partial charge in [-0.1, -0.05) is 17.7 Å². The summed E-state index contributed by atoms with van der Waals surface area (Å²) in [5, 5.41) is 19.7. The third-order valence-electron chi connectivity index (χ3n) is 2.54. The number of methoxy groups -OCH3 is 1. The molecule has 21 heavy (non-hydrogen) atoms. The third kappa shape index (κ3) is 3.18. The van der Waals surface area contributed by atoms with Crippen molar-refractivity contribution in [2.45, 2.75) is 6.61 Å². The molecule has 0 atom stereocenters. The zero-order valence-electron chi connectivity index (χ0n) is 10.8. The van der Waals surface area contributed by atoms with Crippen molar-refractivity contribution in [3.63, 3.8) is 0 Å². The maximum Gasteiger partial charge on any atom is 0.368 e. The second-order valence-corrected chi connectivity index (χ2v) is 4.18. The molecular weight excluding hydrogens is 302 g/mol. The molecule has 0 bridgehead atoms. The molecule has 0 aliphatic rings. The first-order valence-corrected chi connectivity index (χ1v) is 6.05. The van der Waals surface area contributed by atoms with Gasteiger partial charge in [0.05, 0.1) is 18.6 Å². The first kappa shape index (κ1) is 14.9. The van der Waals surface area contributed by atoms with Crippen molar-refractivity contribution in [1.82, 2.24) is 9.97 Å². The largest absolute Gasteiger partial charge is 0.493 e. The van der Waals surface area contributed by atoms with Crippen LogP contribution in [0.4, 0.5) is 5.69 Å². The average molecular weight is 312 g/mol. The summed E-state index contributed by atoms with van der Waals surface area (Å²) >= 11 is 5.67. The Kier molecular flexibility index (Phi) is 4.51. The van der Waals surface area contributed by atoms with Gasteiger partial charge in [-0.05, 0) is 17.7 Å². The molecule has 1 aromatic heterocycles. The Bertz CT molecular complexity index is 680. The summed E-state index contributed by atoms with van der Waals surface area (Å²) in [4.78, 5) is 17.5. The van der Waals surface area contributed by atoms with E-state index in [1.807, 2.05) is 0 Å². The highest BCUT2D eigenvalue weighted by Gasteiger charge is 2.24. The molecule has 0 amide bonds. The molecule has 0 spiro atoms. The van der Waals surface area contributed by atoms with E-state index >= 15 is 0 Å². The number of halogens is 1. The highest BCUT2D eigenvalue weighted by Crippen LogP contribution is 2.37. The van der Waals surface area contributed by atoms with Crippen LogP contribution in [0.5, 0.6) is 17.4 Å². The van der Waals surface area contributed by atoms with Crippen molar-refractivity contribution in [2.75, 3.05) is 7.11 Å². The normalized spacial score (nSPS) is 10.2. The van der Waals surface area contributed by atoms with Gasteiger partial charge in [-0.2, -0.15) is 4.98 Å². The van der Waals surface area contributed by atoms with E-state index in [1.54, 1.807) is 12.1 Å². The van der Waals surface area contributed by atoms with Crippen LogP contribution in [0.25, 0.3) is 0 Å². The molecular formula is C12H10ClN3O5. The quantitative estimate of drug-likeness (QED) is 0.513. The summed E-state index contributed by atoms with van der Waals surface area (Å²) in [5.74, 6) is 0.202. The lowest BCUT2D eigenvalue weighted by atomic mass is 10.2. The van der Waals surface area contributed by atoms with Crippen molar-refractivity contribution < 1.29 is 19.5 Å². The van der Waals surface area contributed by atoms with Crippen molar-refractivity contribution in [3.05, 3.63) is 45.4 Å². The lowest BCUT2D eigenvalue weighted by Crippen LogP contribution is -2.00. The minimum Gasteiger partial charge on any atom is -0.493 e. The molecule has 2 rings (SSSR count). The van der Waals surface area contributed by atoms with Crippen molar-refractivity contribution in [1.29, 1.82) is 0 Å². The van der Waals surface area contributed by atoms with Gasteiger partial charge in [-0.15, -0.1) is 0 Å². The van der Waals surface area contributed by atoms with Gasteiger partial charge in [0, 0.05) is 0 Å². The van der Waals surface area contributed by atoms with Crippen LogP contribution in [0, 0.1) is 10.1 Å². The SMILES string of the molecule is COc1cc(CO)ccc1Oc1ncnc(Cl)c1[N+](=O)[O-]. The van der Waals surface area contributed by atoms with Crippen LogP contribution < -0.4 is 9.47 Å². The number of hydrogen-bond acceptors (Lipinski definition) is 7. The van der Waals surface area contributed by atoms with E-state index in [9.17, 15) is 10.1 Å². The fourth-order valence-electron chi connectivity index (χ4n) is 1.57. The topological polar surface area (TPSA) is 108 Å². The van der Waals surface area contributed by atoms with Gasteiger partial charge >= 0.3 is 11.6 Å². The predicted molar refractivity (Wildman–Crippen MR) is 72.7 cm³/mol. The van der Waals surface area contributed by atoms with Gasteiger partial charge in [-0.3, -0.25) is 10.1 Å². The Morgan fingerprint density at radius 1 is 1.38 bits per heavy atom. The van der Waals surface area contributed by atoms with Crippen molar-refractivity contribution in [2.24, 2.45) is 0 Å². The molecule has 1 heterocycles. The molecule has 0 radical (unpaired) electrons. The number of ether oxygens (including phenoxy) is 2. The molecule has 0 aliphatic carbocycles. The number of nitro groups is 1. The molecule has 0 aliphatic heterocycles. The molecule has 110 valence electrons. The standard InChI is InChI=1S/C12H10ClN3O5/c1-20-9-4-7(5-17)2-3-8(9)21-12-10(16(18)19)11(13)14-6-15-12/h2-4,6,17H,5H2,1H3. The van der Waals surface area contributed by atoms with Crippen LogP contribution in [0.3, 0.4) is 0 Å². The van der Waals surface area contributed by atoms with E-state index in [1.165, 1.54) is 13.2 Å². The Labute approximate surface area is 124 Å². The summed E-state index contributed by atoms with van der Waals surface area (Å²) in [6.07, 6.45) is 1.05. The fourth-order valence-corrected chi connectivity index (χ4v) is 1.76.